The zero-order valence-electron chi connectivity index (χ0n) is 13.3. The molecule has 0 saturated carbocycles. The molecule has 1 aromatic rings. The summed E-state index contributed by atoms with van der Waals surface area (Å²) in [6, 6.07) is 7.41. The van der Waals surface area contributed by atoms with E-state index in [0.717, 1.165) is 45.9 Å². The molecule has 116 valence electrons. The van der Waals surface area contributed by atoms with Crippen molar-refractivity contribution in [1.29, 1.82) is 0 Å². The van der Waals surface area contributed by atoms with Gasteiger partial charge in [-0.1, -0.05) is 12.1 Å². The van der Waals surface area contributed by atoms with Crippen molar-refractivity contribution in [2.45, 2.75) is 25.9 Å². The first-order valence-electron chi connectivity index (χ1n) is 8.09. The molecule has 2 aliphatic heterocycles. The number of benzene rings is 1. The highest BCUT2D eigenvalue weighted by molar-refractivity contribution is 5.58. The van der Waals surface area contributed by atoms with Gasteiger partial charge in [-0.3, -0.25) is 4.90 Å². The van der Waals surface area contributed by atoms with Gasteiger partial charge in [0.15, 0.2) is 0 Å². The predicted octanol–water partition coefficient (Wildman–Crippen LogP) is 1.49. The Morgan fingerprint density at radius 1 is 1.24 bits per heavy atom. The number of rotatable bonds is 5. The zero-order valence-corrected chi connectivity index (χ0v) is 13.3. The summed E-state index contributed by atoms with van der Waals surface area (Å²) in [5.41, 5.74) is 4.30. The predicted molar refractivity (Wildman–Crippen MR) is 87.0 cm³/mol. The third kappa shape index (κ3) is 3.76. The summed E-state index contributed by atoms with van der Waals surface area (Å²) >= 11 is 0. The number of nitrogens with zero attached hydrogens (tertiary/aromatic N) is 2. The van der Waals surface area contributed by atoms with Crippen molar-refractivity contribution in [2.24, 2.45) is 0 Å². The summed E-state index contributed by atoms with van der Waals surface area (Å²) in [4.78, 5) is 4.83. The van der Waals surface area contributed by atoms with Crippen LogP contribution in [0.25, 0.3) is 0 Å². The Balaban J connectivity index is 1.48. The van der Waals surface area contributed by atoms with E-state index in [1.54, 1.807) is 0 Å². The van der Waals surface area contributed by atoms with Gasteiger partial charge in [0.05, 0.1) is 13.2 Å². The van der Waals surface area contributed by atoms with Crippen LogP contribution in [0.2, 0.25) is 0 Å². The van der Waals surface area contributed by atoms with Gasteiger partial charge in [-0.2, -0.15) is 0 Å². The molecule has 3 rings (SSSR count). The maximum absolute atomic E-state index is 5.40. The fourth-order valence-corrected chi connectivity index (χ4v) is 3.26. The molecule has 4 heteroatoms. The van der Waals surface area contributed by atoms with Crippen LogP contribution in [-0.2, 0) is 17.7 Å². The summed E-state index contributed by atoms with van der Waals surface area (Å²) in [6.45, 7) is 9.39. The molecular weight excluding hydrogens is 262 g/mol. The van der Waals surface area contributed by atoms with Crippen LogP contribution in [0.15, 0.2) is 18.2 Å². The van der Waals surface area contributed by atoms with Crippen molar-refractivity contribution in [3.05, 3.63) is 29.3 Å². The molecule has 4 nitrogen and oxygen atoms in total. The fourth-order valence-electron chi connectivity index (χ4n) is 3.26. The van der Waals surface area contributed by atoms with E-state index >= 15 is 0 Å². The van der Waals surface area contributed by atoms with Crippen LogP contribution in [0, 0.1) is 0 Å². The van der Waals surface area contributed by atoms with Gasteiger partial charge >= 0.3 is 0 Å². The number of ether oxygens (including phenoxy) is 1. The molecule has 0 radical (unpaired) electrons. The zero-order chi connectivity index (χ0) is 14.7. The summed E-state index contributed by atoms with van der Waals surface area (Å²) in [5.74, 6) is 0. The summed E-state index contributed by atoms with van der Waals surface area (Å²) in [7, 11) is 2.17. The average Bonchev–Trinajstić information content (AvgIpc) is 2.87. The Labute approximate surface area is 128 Å². The molecule has 2 aliphatic rings. The molecule has 1 saturated heterocycles. The van der Waals surface area contributed by atoms with E-state index in [-0.39, 0.29) is 0 Å². The van der Waals surface area contributed by atoms with Crippen LogP contribution in [0.4, 0.5) is 5.69 Å². The molecule has 21 heavy (non-hydrogen) atoms. The lowest BCUT2D eigenvalue weighted by Gasteiger charge is -2.29. The molecule has 0 spiro atoms. The van der Waals surface area contributed by atoms with Crippen molar-refractivity contribution >= 4 is 5.69 Å². The van der Waals surface area contributed by atoms with Gasteiger partial charge in [0.2, 0.25) is 0 Å². The Kier molecular flexibility index (Phi) is 4.78. The van der Waals surface area contributed by atoms with Crippen molar-refractivity contribution in [3.8, 4) is 0 Å². The number of fused-ring (bicyclic) bond motifs is 1. The maximum Gasteiger partial charge on any atom is 0.0594 e. The Morgan fingerprint density at radius 2 is 2.05 bits per heavy atom. The normalized spacial score (nSPS) is 20.6. The number of likely N-dealkylation sites (N-methyl/N-ethyl adjacent to an activating group) is 1. The number of nitrogens with one attached hydrogen (secondary N) is 1. The van der Waals surface area contributed by atoms with E-state index in [1.165, 1.54) is 23.2 Å². The largest absolute Gasteiger partial charge is 0.379 e. The average molecular weight is 289 g/mol. The molecule has 1 aromatic carbocycles. The Bertz CT molecular complexity index is 471. The molecule has 0 bridgehead atoms. The molecular formula is C17H27N3O. The maximum atomic E-state index is 5.40. The summed E-state index contributed by atoms with van der Waals surface area (Å²) < 4.78 is 5.40. The van der Waals surface area contributed by atoms with Crippen LogP contribution in [0.1, 0.15) is 18.1 Å². The smallest absolute Gasteiger partial charge is 0.0594 e. The van der Waals surface area contributed by atoms with Crippen molar-refractivity contribution in [1.82, 2.24) is 10.2 Å². The van der Waals surface area contributed by atoms with Crippen LogP contribution >= 0.6 is 0 Å². The Hall–Kier alpha value is -1.10. The fraction of sp³-hybridized carbons (Fsp3) is 0.647. The molecule has 1 unspecified atom stereocenters. The van der Waals surface area contributed by atoms with E-state index < -0.39 is 0 Å². The van der Waals surface area contributed by atoms with Crippen molar-refractivity contribution < 1.29 is 4.74 Å². The highest BCUT2D eigenvalue weighted by Gasteiger charge is 2.16. The summed E-state index contributed by atoms with van der Waals surface area (Å²) in [6.07, 6.45) is 1.18. The second-order valence-corrected chi connectivity index (χ2v) is 6.33. The van der Waals surface area contributed by atoms with Gasteiger partial charge in [0.25, 0.3) is 0 Å². The lowest BCUT2D eigenvalue weighted by atomic mass is 10.1. The Morgan fingerprint density at radius 3 is 2.86 bits per heavy atom. The first-order valence-corrected chi connectivity index (χ1v) is 8.09. The van der Waals surface area contributed by atoms with Gasteiger partial charge < -0.3 is 15.0 Å². The second-order valence-electron chi connectivity index (χ2n) is 6.33. The van der Waals surface area contributed by atoms with Crippen LogP contribution in [-0.4, -0.2) is 57.4 Å². The van der Waals surface area contributed by atoms with Crippen molar-refractivity contribution in [2.75, 3.05) is 51.3 Å². The molecule has 2 heterocycles. The van der Waals surface area contributed by atoms with Crippen LogP contribution in [0.3, 0.4) is 0 Å². The SMILES string of the molecule is CC(CN1CCOCC1)NCc1ccc2c(c1)CCN2C. The van der Waals surface area contributed by atoms with E-state index in [4.69, 9.17) is 4.74 Å². The molecule has 1 atom stereocenters. The first-order chi connectivity index (χ1) is 10.2. The lowest BCUT2D eigenvalue weighted by Crippen LogP contribution is -2.44. The minimum atomic E-state index is 0.513. The number of anilines is 1. The van der Waals surface area contributed by atoms with E-state index in [2.05, 4.69) is 47.3 Å². The number of hydrogen-bond acceptors (Lipinski definition) is 4. The van der Waals surface area contributed by atoms with Gasteiger partial charge in [-0.25, -0.2) is 0 Å². The monoisotopic (exact) mass is 289 g/mol. The first kappa shape index (κ1) is 14.8. The third-order valence-electron chi connectivity index (χ3n) is 4.56. The quantitative estimate of drug-likeness (QED) is 0.889. The van der Waals surface area contributed by atoms with Gasteiger partial charge in [-0.05, 0) is 30.5 Å². The summed E-state index contributed by atoms with van der Waals surface area (Å²) in [5, 5.41) is 3.65. The van der Waals surface area contributed by atoms with Crippen molar-refractivity contribution in [3.63, 3.8) is 0 Å². The van der Waals surface area contributed by atoms with Gasteiger partial charge in [-0.15, -0.1) is 0 Å². The molecule has 1 fully saturated rings. The number of morpholine rings is 1. The topological polar surface area (TPSA) is 27.7 Å². The van der Waals surface area contributed by atoms with Gasteiger partial charge in [0.1, 0.15) is 0 Å². The van der Waals surface area contributed by atoms with E-state index in [9.17, 15) is 0 Å². The molecule has 0 aliphatic carbocycles. The third-order valence-corrected chi connectivity index (χ3v) is 4.56. The van der Waals surface area contributed by atoms with Crippen LogP contribution < -0.4 is 10.2 Å². The minimum absolute atomic E-state index is 0.513. The molecule has 0 aromatic heterocycles. The second kappa shape index (κ2) is 6.77. The van der Waals surface area contributed by atoms with E-state index in [0.29, 0.717) is 6.04 Å². The van der Waals surface area contributed by atoms with Crippen LogP contribution in [0.5, 0.6) is 0 Å². The number of hydrogen-bond donors (Lipinski definition) is 1. The highest BCUT2D eigenvalue weighted by atomic mass is 16.5. The highest BCUT2D eigenvalue weighted by Crippen LogP contribution is 2.27. The standard InChI is InChI=1S/C17H27N3O/c1-14(13-20-7-9-21-10-8-20)18-12-15-3-4-17-16(11-15)5-6-19(17)2/h3-4,11,14,18H,5-10,12-13H2,1-2H3. The minimum Gasteiger partial charge on any atom is -0.379 e. The van der Waals surface area contributed by atoms with E-state index in [1.807, 2.05) is 0 Å². The molecule has 1 N–H and O–H groups in total. The van der Waals surface area contributed by atoms with Gasteiger partial charge in [0, 0.05) is 51.5 Å². The molecule has 0 amide bonds. The lowest BCUT2D eigenvalue weighted by molar-refractivity contribution is 0.0343.